The number of aromatic hydroxyl groups is 2. The van der Waals surface area contributed by atoms with Crippen molar-refractivity contribution in [1.82, 2.24) is 0 Å². The van der Waals surface area contributed by atoms with Crippen LogP contribution in [0.2, 0.25) is 0 Å². The van der Waals surface area contributed by atoms with Crippen LogP contribution in [0, 0.1) is 11.8 Å². The van der Waals surface area contributed by atoms with Crippen molar-refractivity contribution < 1.29 is 19.7 Å². The quantitative estimate of drug-likeness (QED) is 0.215. The van der Waals surface area contributed by atoms with Gasteiger partial charge < -0.3 is 19.7 Å². The van der Waals surface area contributed by atoms with Crippen LogP contribution in [0.15, 0.2) is 35.4 Å². The molecule has 2 aliphatic heterocycles. The summed E-state index contributed by atoms with van der Waals surface area (Å²) in [5.74, 6) is 3.13. The molecule has 2 aromatic carbocycles. The molecule has 0 bridgehead atoms. The Labute approximate surface area is 278 Å². The van der Waals surface area contributed by atoms with E-state index in [1.165, 1.54) is 11.1 Å². The van der Waals surface area contributed by atoms with Gasteiger partial charge in [-0.1, -0.05) is 62.8 Å². The lowest BCUT2D eigenvalue weighted by atomic mass is 9.66. The van der Waals surface area contributed by atoms with Crippen molar-refractivity contribution in [3.05, 3.63) is 57.7 Å². The zero-order valence-electron chi connectivity index (χ0n) is 29.8. The average Bonchev–Trinajstić information content (AvgIpc) is 2.97. The van der Waals surface area contributed by atoms with Crippen LogP contribution in [0.25, 0.3) is 11.1 Å². The van der Waals surface area contributed by atoms with Crippen LogP contribution in [-0.2, 0) is 12.8 Å². The molecule has 0 unspecified atom stereocenters. The fraction of sp³-hybridized carbons (Fsp3) is 0.619. The molecule has 6 rings (SSSR count). The molecule has 2 aliphatic carbocycles. The fourth-order valence-electron chi connectivity index (χ4n) is 9.30. The zero-order valence-corrected chi connectivity index (χ0v) is 29.8. The number of fused-ring (bicyclic) bond motifs is 6. The van der Waals surface area contributed by atoms with E-state index in [0.717, 1.165) is 122 Å². The lowest BCUT2D eigenvalue weighted by Gasteiger charge is -2.49. The van der Waals surface area contributed by atoms with Gasteiger partial charge in [0.1, 0.15) is 34.2 Å². The first-order chi connectivity index (χ1) is 21.9. The third kappa shape index (κ3) is 5.77. The Kier molecular flexibility index (Phi) is 9.06. The summed E-state index contributed by atoms with van der Waals surface area (Å²) in [7, 11) is 0. The standard InChI is InChI=1S/C42H58O4/c1-9-11-13-15-27-23-33(43)37-29-21-25(3)17-19-31(29)41(5,6)45-39(37)35(27)36-28(16-14-12-10-2)24-34(44)38-30-22-26(4)18-20-32(30)42(7,8)46-40(36)38/h21-24,29-32,43-44H,9-20H2,1-8H3/t29-,30-,31-,32-/m1/s1. The minimum Gasteiger partial charge on any atom is -0.507 e. The largest absolute Gasteiger partial charge is 0.507 e. The molecule has 4 heteroatoms. The van der Waals surface area contributed by atoms with E-state index in [1.807, 2.05) is 0 Å². The molecule has 2 aromatic rings. The maximum absolute atomic E-state index is 11.9. The Balaban J connectivity index is 1.69. The van der Waals surface area contributed by atoms with Crippen LogP contribution >= 0.6 is 0 Å². The molecule has 46 heavy (non-hydrogen) atoms. The molecule has 0 saturated heterocycles. The molecule has 4 nitrogen and oxygen atoms in total. The predicted octanol–water partition coefficient (Wildman–Crippen LogP) is 11.5. The van der Waals surface area contributed by atoms with Crippen molar-refractivity contribution in [2.24, 2.45) is 11.8 Å². The molecule has 4 aliphatic rings. The number of hydrogen-bond acceptors (Lipinski definition) is 4. The maximum Gasteiger partial charge on any atom is 0.135 e. The molecule has 0 fully saturated rings. The maximum atomic E-state index is 11.9. The van der Waals surface area contributed by atoms with E-state index in [1.54, 1.807) is 0 Å². The van der Waals surface area contributed by atoms with Gasteiger partial charge >= 0.3 is 0 Å². The van der Waals surface area contributed by atoms with E-state index >= 15 is 0 Å². The molecule has 0 amide bonds. The van der Waals surface area contributed by atoms with Crippen LogP contribution in [0.5, 0.6) is 23.0 Å². The van der Waals surface area contributed by atoms with E-state index in [0.29, 0.717) is 11.5 Å². The average molecular weight is 627 g/mol. The normalized spacial score (nSPS) is 25.6. The number of unbranched alkanes of at least 4 members (excludes halogenated alkanes) is 4. The summed E-state index contributed by atoms with van der Waals surface area (Å²) in [6.07, 6.45) is 17.3. The highest BCUT2D eigenvalue weighted by Gasteiger charge is 2.49. The second-order valence-corrected chi connectivity index (χ2v) is 16.0. The summed E-state index contributed by atoms with van der Waals surface area (Å²) in [4.78, 5) is 0. The molecule has 0 saturated carbocycles. The molecule has 2 N–H and O–H groups in total. The number of allylic oxidation sites excluding steroid dienone is 4. The monoisotopic (exact) mass is 626 g/mol. The number of ether oxygens (including phenoxy) is 2. The Bertz CT molecular complexity index is 1420. The Morgan fingerprint density at radius 1 is 0.652 bits per heavy atom. The molecule has 0 aromatic heterocycles. The minimum absolute atomic E-state index is 0.0955. The van der Waals surface area contributed by atoms with Crippen LogP contribution in [0.4, 0.5) is 0 Å². The van der Waals surface area contributed by atoms with Gasteiger partial charge in [-0.2, -0.15) is 0 Å². The summed E-state index contributed by atoms with van der Waals surface area (Å²) in [5, 5.41) is 23.7. The van der Waals surface area contributed by atoms with Crippen molar-refractivity contribution in [1.29, 1.82) is 0 Å². The molecule has 4 atom stereocenters. The summed E-state index contributed by atoms with van der Waals surface area (Å²) in [6, 6.07) is 4.10. The van der Waals surface area contributed by atoms with Crippen LogP contribution in [0.3, 0.4) is 0 Å². The highest BCUT2D eigenvalue weighted by Crippen LogP contribution is 2.62. The number of phenols is 2. The van der Waals surface area contributed by atoms with Gasteiger partial charge in [0, 0.05) is 45.9 Å². The predicted molar refractivity (Wildman–Crippen MR) is 190 cm³/mol. The van der Waals surface area contributed by atoms with Crippen molar-refractivity contribution >= 4 is 0 Å². The Hall–Kier alpha value is -2.88. The molecule has 0 spiro atoms. The molecule has 2 heterocycles. The lowest BCUT2D eigenvalue weighted by molar-refractivity contribution is 0.00900. The van der Waals surface area contributed by atoms with Gasteiger partial charge in [-0.15, -0.1) is 0 Å². The first-order valence-electron chi connectivity index (χ1n) is 18.4. The van der Waals surface area contributed by atoms with E-state index in [2.05, 4.69) is 79.7 Å². The van der Waals surface area contributed by atoms with Crippen molar-refractivity contribution in [3.63, 3.8) is 0 Å². The zero-order chi connectivity index (χ0) is 33.0. The topological polar surface area (TPSA) is 58.9 Å². The van der Waals surface area contributed by atoms with E-state index in [9.17, 15) is 10.2 Å². The molecular weight excluding hydrogens is 568 g/mol. The summed E-state index contributed by atoms with van der Waals surface area (Å²) >= 11 is 0. The van der Waals surface area contributed by atoms with Gasteiger partial charge in [0.15, 0.2) is 0 Å². The number of hydrogen-bond donors (Lipinski definition) is 2. The highest BCUT2D eigenvalue weighted by atomic mass is 16.5. The van der Waals surface area contributed by atoms with Crippen molar-refractivity contribution in [2.75, 3.05) is 0 Å². The van der Waals surface area contributed by atoms with Gasteiger partial charge in [-0.3, -0.25) is 0 Å². The van der Waals surface area contributed by atoms with Crippen LogP contribution < -0.4 is 9.47 Å². The van der Waals surface area contributed by atoms with Crippen LogP contribution in [0.1, 0.15) is 154 Å². The van der Waals surface area contributed by atoms with E-state index < -0.39 is 11.2 Å². The molecule has 0 radical (unpaired) electrons. The third-order valence-electron chi connectivity index (χ3n) is 11.8. The second-order valence-electron chi connectivity index (χ2n) is 16.0. The first kappa shape index (κ1) is 33.0. The smallest absolute Gasteiger partial charge is 0.135 e. The molecule has 250 valence electrons. The van der Waals surface area contributed by atoms with Gasteiger partial charge in [0.05, 0.1) is 0 Å². The van der Waals surface area contributed by atoms with Crippen molar-refractivity contribution in [3.8, 4) is 34.1 Å². The van der Waals surface area contributed by atoms with E-state index in [-0.39, 0.29) is 23.7 Å². The lowest BCUT2D eigenvalue weighted by Crippen LogP contribution is -2.46. The first-order valence-corrected chi connectivity index (χ1v) is 18.4. The fourth-order valence-corrected chi connectivity index (χ4v) is 9.30. The molecular formula is C42H58O4. The summed E-state index contributed by atoms with van der Waals surface area (Å²) in [5.41, 5.74) is 8.25. The number of aryl methyl sites for hydroxylation is 2. The van der Waals surface area contributed by atoms with Gasteiger partial charge in [-0.05, 0) is 116 Å². The third-order valence-corrected chi connectivity index (χ3v) is 11.8. The van der Waals surface area contributed by atoms with E-state index in [4.69, 9.17) is 9.47 Å². The summed E-state index contributed by atoms with van der Waals surface area (Å²) in [6.45, 7) is 17.9. The van der Waals surface area contributed by atoms with Gasteiger partial charge in [-0.25, -0.2) is 0 Å². The van der Waals surface area contributed by atoms with Crippen molar-refractivity contribution in [2.45, 2.75) is 155 Å². The highest BCUT2D eigenvalue weighted by molar-refractivity contribution is 5.87. The van der Waals surface area contributed by atoms with Crippen LogP contribution in [-0.4, -0.2) is 21.4 Å². The van der Waals surface area contributed by atoms with Gasteiger partial charge in [0.25, 0.3) is 0 Å². The SMILES string of the molecule is CCCCCc1cc(O)c2c(c1-c1c(CCCCC)cc(O)c3c1OC(C)(C)[C@@H]1CCC(C)=C[C@@H]31)OC(C)(C)[C@@H]1CCC(C)=C[C@@H]21. The second kappa shape index (κ2) is 12.6. The number of benzene rings is 2. The van der Waals surface area contributed by atoms with Gasteiger partial charge in [0.2, 0.25) is 0 Å². The minimum atomic E-state index is -0.397. The summed E-state index contributed by atoms with van der Waals surface area (Å²) < 4.78 is 14.4. The Morgan fingerprint density at radius 3 is 1.41 bits per heavy atom. The number of phenolic OH excluding ortho intramolecular Hbond substituents is 2. The Morgan fingerprint density at radius 2 is 1.04 bits per heavy atom. The number of rotatable bonds is 9.